The van der Waals surface area contributed by atoms with E-state index in [0.29, 0.717) is 18.9 Å². The zero-order valence-electron chi connectivity index (χ0n) is 11.9. The fourth-order valence-corrected chi connectivity index (χ4v) is 4.42. The molecule has 2 unspecified atom stereocenters. The summed E-state index contributed by atoms with van der Waals surface area (Å²) in [7, 11) is -4.25. The molecule has 2 N–H and O–H groups in total. The van der Waals surface area contributed by atoms with Gasteiger partial charge in [0.1, 0.15) is 4.90 Å². The molecule has 1 saturated heterocycles. The highest BCUT2D eigenvalue weighted by Crippen LogP contribution is 2.29. The third kappa shape index (κ3) is 3.40. The average molecular weight is 359 g/mol. The lowest BCUT2D eigenvalue weighted by molar-refractivity contribution is 0.226. The lowest BCUT2D eigenvalue weighted by Gasteiger charge is -2.36. The Bertz CT molecular complexity index is 640. The Kier molecular flexibility index (Phi) is 6.26. The Morgan fingerprint density at radius 1 is 1.23 bits per heavy atom. The number of nitrogens with two attached hydrogens (primary N) is 1. The number of hydrogen-bond acceptors (Lipinski definition) is 3. The van der Waals surface area contributed by atoms with Crippen molar-refractivity contribution in [2.45, 2.75) is 43.2 Å². The van der Waals surface area contributed by atoms with Gasteiger partial charge in [-0.1, -0.05) is 6.42 Å². The van der Waals surface area contributed by atoms with Crippen molar-refractivity contribution in [3.63, 3.8) is 0 Å². The Morgan fingerprint density at radius 3 is 2.45 bits per heavy atom. The normalized spacial score (nSPS) is 21.2. The van der Waals surface area contributed by atoms with Gasteiger partial charge in [-0.15, -0.1) is 12.4 Å². The zero-order valence-corrected chi connectivity index (χ0v) is 13.6. The number of hydrogen-bond donors (Lipinski definition) is 1. The van der Waals surface area contributed by atoms with E-state index in [1.54, 1.807) is 6.92 Å². The van der Waals surface area contributed by atoms with Gasteiger partial charge < -0.3 is 5.73 Å². The second kappa shape index (κ2) is 7.16. The van der Waals surface area contributed by atoms with Crippen molar-refractivity contribution in [3.05, 3.63) is 29.6 Å². The van der Waals surface area contributed by atoms with E-state index in [0.717, 1.165) is 16.8 Å². The first-order valence-electron chi connectivity index (χ1n) is 6.67. The quantitative estimate of drug-likeness (QED) is 0.844. The molecule has 2 atom stereocenters. The molecule has 1 aliphatic rings. The van der Waals surface area contributed by atoms with Crippen LogP contribution in [0.4, 0.5) is 13.2 Å². The maximum Gasteiger partial charge on any atom is 0.246 e. The first kappa shape index (κ1) is 19.2. The van der Waals surface area contributed by atoms with Crippen molar-refractivity contribution < 1.29 is 21.6 Å². The zero-order chi connectivity index (χ0) is 15.8. The molecule has 1 aliphatic heterocycles. The third-order valence-electron chi connectivity index (χ3n) is 3.69. The van der Waals surface area contributed by atoms with E-state index < -0.39 is 44.5 Å². The van der Waals surface area contributed by atoms with Crippen molar-refractivity contribution >= 4 is 22.4 Å². The molecule has 0 spiro atoms. The molecule has 9 heteroatoms. The molecular formula is C13H18ClF3N2O2S. The number of halogens is 4. The second-order valence-electron chi connectivity index (χ2n) is 5.21. The monoisotopic (exact) mass is 358 g/mol. The topological polar surface area (TPSA) is 63.4 Å². The Morgan fingerprint density at radius 2 is 1.86 bits per heavy atom. The van der Waals surface area contributed by atoms with E-state index >= 15 is 0 Å². The van der Waals surface area contributed by atoms with E-state index in [2.05, 4.69) is 0 Å². The van der Waals surface area contributed by atoms with Gasteiger partial charge in [0, 0.05) is 18.6 Å². The van der Waals surface area contributed by atoms with E-state index in [1.165, 1.54) is 0 Å². The predicted octanol–water partition coefficient (Wildman–Crippen LogP) is 2.42. The lowest BCUT2D eigenvalue weighted by atomic mass is 10.00. The molecule has 1 aromatic carbocycles. The van der Waals surface area contributed by atoms with Crippen LogP contribution in [0.25, 0.3) is 0 Å². The molecule has 0 amide bonds. The average Bonchev–Trinajstić information content (AvgIpc) is 2.44. The van der Waals surface area contributed by atoms with Crippen LogP contribution in [0, 0.1) is 17.5 Å². The van der Waals surface area contributed by atoms with E-state index in [9.17, 15) is 21.6 Å². The van der Waals surface area contributed by atoms with Gasteiger partial charge in [-0.2, -0.15) is 4.31 Å². The number of benzene rings is 1. The minimum Gasteiger partial charge on any atom is -0.326 e. The molecule has 0 aromatic heterocycles. The summed E-state index contributed by atoms with van der Waals surface area (Å²) in [6.45, 7) is 1.85. The molecule has 0 bridgehead atoms. The summed E-state index contributed by atoms with van der Waals surface area (Å²) in [6.07, 6.45) is 1.99. The van der Waals surface area contributed by atoms with Gasteiger partial charge in [-0.3, -0.25) is 0 Å². The molecule has 2 rings (SSSR count). The van der Waals surface area contributed by atoms with Gasteiger partial charge in [0.05, 0.1) is 0 Å². The molecular weight excluding hydrogens is 341 g/mol. The highest BCUT2D eigenvalue weighted by atomic mass is 35.5. The Hall–Kier alpha value is -0.830. The van der Waals surface area contributed by atoms with Gasteiger partial charge >= 0.3 is 0 Å². The Labute approximate surface area is 133 Å². The maximum atomic E-state index is 13.8. The largest absolute Gasteiger partial charge is 0.326 e. The van der Waals surface area contributed by atoms with Crippen molar-refractivity contribution in [2.75, 3.05) is 6.54 Å². The van der Waals surface area contributed by atoms with E-state index in [-0.39, 0.29) is 19.0 Å². The van der Waals surface area contributed by atoms with Gasteiger partial charge in [0.15, 0.2) is 17.5 Å². The minimum absolute atomic E-state index is 0. The van der Waals surface area contributed by atoms with Crippen LogP contribution in [0.5, 0.6) is 0 Å². The van der Waals surface area contributed by atoms with Crippen LogP contribution in [0.3, 0.4) is 0 Å². The van der Waals surface area contributed by atoms with Crippen LogP contribution in [0.1, 0.15) is 26.2 Å². The summed E-state index contributed by atoms with van der Waals surface area (Å²) >= 11 is 0. The standard InChI is InChI=1S/C13H17F3N2O2S.ClH/c1-8(17)10-4-2-3-7-18(10)21(19,20)11-6-5-9(14)12(15)13(11)16;/h5-6,8,10H,2-4,7,17H2,1H3;1H. The molecule has 22 heavy (non-hydrogen) atoms. The number of rotatable bonds is 3. The highest BCUT2D eigenvalue weighted by molar-refractivity contribution is 7.89. The fourth-order valence-electron chi connectivity index (χ4n) is 2.59. The molecule has 0 radical (unpaired) electrons. The van der Waals surface area contributed by atoms with Gasteiger partial charge in [0.25, 0.3) is 0 Å². The highest BCUT2D eigenvalue weighted by Gasteiger charge is 2.37. The fraction of sp³-hybridized carbons (Fsp3) is 0.538. The summed E-state index contributed by atoms with van der Waals surface area (Å²) in [5, 5.41) is 0. The van der Waals surface area contributed by atoms with Crippen molar-refractivity contribution in [1.29, 1.82) is 0 Å². The van der Waals surface area contributed by atoms with Crippen LogP contribution < -0.4 is 5.73 Å². The third-order valence-corrected chi connectivity index (χ3v) is 5.63. The van der Waals surface area contributed by atoms with Crippen LogP contribution in [0.2, 0.25) is 0 Å². The smallest absolute Gasteiger partial charge is 0.246 e. The predicted molar refractivity (Wildman–Crippen MR) is 78.7 cm³/mol. The molecule has 0 aliphatic carbocycles. The summed E-state index contributed by atoms with van der Waals surface area (Å²) in [5.41, 5.74) is 5.79. The number of sulfonamides is 1. The van der Waals surface area contributed by atoms with Crippen LogP contribution in [-0.4, -0.2) is 31.4 Å². The van der Waals surface area contributed by atoms with Crippen molar-refractivity contribution in [1.82, 2.24) is 4.31 Å². The molecule has 1 fully saturated rings. The summed E-state index contributed by atoms with van der Waals surface area (Å²) in [4.78, 5) is -0.853. The van der Waals surface area contributed by atoms with Crippen LogP contribution in [0.15, 0.2) is 17.0 Å². The Balaban J connectivity index is 0.00000242. The summed E-state index contributed by atoms with van der Waals surface area (Å²) in [6, 6.07) is 0.441. The van der Waals surface area contributed by atoms with Gasteiger partial charge in [-0.05, 0) is 31.9 Å². The van der Waals surface area contributed by atoms with Gasteiger partial charge in [-0.25, -0.2) is 21.6 Å². The van der Waals surface area contributed by atoms with Crippen molar-refractivity contribution in [2.24, 2.45) is 5.73 Å². The van der Waals surface area contributed by atoms with Crippen LogP contribution >= 0.6 is 12.4 Å². The first-order valence-corrected chi connectivity index (χ1v) is 8.11. The second-order valence-corrected chi connectivity index (χ2v) is 7.07. The van der Waals surface area contributed by atoms with Gasteiger partial charge in [0.2, 0.25) is 10.0 Å². The lowest BCUT2D eigenvalue weighted by Crippen LogP contribution is -2.51. The van der Waals surface area contributed by atoms with Crippen molar-refractivity contribution in [3.8, 4) is 0 Å². The van der Waals surface area contributed by atoms with E-state index in [1.807, 2.05) is 0 Å². The summed E-state index contributed by atoms with van der Waals surface area (Å²) < 4.78 is 66.2. The summed E-state index contributed by atoms with van der Waals surface area (Å²) in [5.74, 6) is -4.90. The number of nitrogens with zero attached hydrogens (tertiary/aromatic N) is 1. The molecule has 126 valence electrons. The minimum atomic E-state index is -4.25. The maximum absolute atomic E-state index is 13.8. The molecule has 4 nitrogen and oxygen atoms in total. The SMILES string of the molecule is CC(N)C1CCCCN1S(=O)(=O)c1ccc(F)c(F)c1F.Cl. The molecule has 1 heterocycles. The molecule has 1 aromatic rings. The first-order chi connectivity index (χ1) is 9.76. The number of piperidine rings is 1. The van der Waals surface area contributed by atoms with Crippen LogP contribution in [-0.2, 0) is 10.0 Å². The molecule has 0 saturated carbocycles. The van der Waals surface area contributed by atoms with E-state index in [4.69, 9.17) is 5.73 Å².